The summed E-state index contributed by atoms with van der Waals surface area (Å²) in [4.78, 5) is 45.6. The van der Waals surface area contributed by atoms with E-state index < -0.39 is 33.3 Å². The second kappa shape index (κ2) is 42.2. The van der Waals surface area contributed by atoms with Gasteiger partial charge in [-0.15, -0.1) is 5.06 Å². The minimum absolute atomic E-state index is 0.000709. The Kier molecular flexibility index (Phi) is 35.1. The van der Waals surface area contributed by atoms with Crippen molar-refractivity contribution in [1.82, 2.24) is 5.06 Å². The summed E-state index contributed by atoms with van der Waals surface area (Å²) in [6.45, 7) is 21.6. The van der Waals surface area contributed by atoms with Crippen molar-refractivity contribution in [3.05, 3.63) is 119 Å². The van der Waals surface area contributed by atoms with Crippen molar-refractivity contribution in [1.29, 1.82) is 0 Å². The van der Waals surface area contributed by atoms with E-state index in [0.29, 0.717) is 206 Å². The van der Waals surface area contributed by atoms with Gasteiger partial charge in [0.1, 0.15) is 5.75 Å². The quantitative estimate of drug-likeness (QED) is 0.0237. The molecule has 2 heterocycles. The number of phenolic OH excluding ortho intramolecular Hbond substituents is 1. The smallest absolute Gasteiger partial charge is 0.333 e. The van der Waals surface area contributed by atoms with E-state index in [9.17, 15) is 32.5 Å². The van der Waals surface area contributed by atoms with Crippen LogP contribution in [-0.4, -0.2) is 220 Å². The molecule has 1 saturated heterocycles. The summed E-state index contributed by atoms with van der Waals surface area (Å²) < 4.78 is 101. The van der Waals surface area contributed by atoms with Crippen LogP contribution in [0.4, 0.5) is 11.4 Å². The van der Waals surface area contributed by atoms with Gasteiger partial charge in [-0.2, -0.15) is 8.42 Å². The summed E-state index contributed by atoms with van der Waals surface area (Å²) >= 11 is 0. The lowest BCUT2D eigenvalue weighted by atomic mass is 9.83. The number of carbonyl (C=O) groups is 3. The van der Waals surface area contributed by atoms with Gasteiger partial charge in [-0.05, 0) is 84.0 Å². The topological polar surface area (TPSA) is 256 Å². The molecule has 90 heavy (non-hydrogen) atoms. The van der Waals surface area contributed by atoms with Crippen LogP contribution in [0.2, 0.25) is 0 Å². The molecule has 23 nitrogen and oxygen atoms in total. The van der Waals surface area contributed by atoms with Gasteiger partial charge < -0.3 is 76.6 Å². The normalized spacial score (nSPS) is 14.8. The molecule has 5 rings (SSSR count). The maximum atomic E-state index is 12.6. The van der Waals surface area contributed by atoms with Gasteiger partial charge in [0.05, 0.1) is 150 Å². The fourth-order valence-corrected chi connectivity index (χ4v) is 10.2. The Morgan fingerprint density at radius 3 is 1.58 bits per heavy atom. The number of phenols is 1. The molecule has 0 atom stereocenters. The second-order valence-corrected chi connectivity index (χ2v) is 22.8. The number of nitrogens with zero attached hydrogens (tertiary/aromatic N) is 3. The molecule has 3 aromatic carbocycles. The second-order valence-electron chi connectivity index (χ2n) is 21.4. The number of amides is 2. The first-order chi connectivity index (χ1) is 43.6. The van der Waals surface area contributed by atoms with Gasteiger partial charge in [-0.3, -0.25) is 14.1 Å². The lowest BCUT2D eigenvalue weighted by Crippen LogP contribution is -2.32. The Morgan fingerprint density at radius 2 is 1.11 bits per heavy atom. The molecule has 0 aromatic heterocycles. The number of aromatic hydroxyl groups is 1. The van der Waals surface area contributed by atoms with E-state index in [1.54, 1.807) is 26.4 Å². The van der Waals surface area contributed by atoms with Crippen molar-refractivity contribution in [2.75, 3.05) is 189 Å². The molecule has 500 valence electrons. The third-order valence-corrected chi connectivity index (χ3v) is 15.5. The van der Waals surface area contributed by atoms with Gasteiger partial charge >= 0.3 is 5.97 Å². The molecular formula is C66H95N3O20S. The first-order valence-corrected chi connectivity index (χ1v) is 32.2. The molecule has 0 unspecified atom stereocenters. The van der Waals surface area contributed by atoms with E-state index >= 15 is 0 Å². The van der Waals surface area contributed by atoms with E-state index in [-0.39, 0.29) is 29.9 Å². The number of anilines is 2. The van der Waals surface area contributed by atoms with E-state index in [4.69, 9.17) is 61.7 Å². The van der Waals surface area contributed by atoms with Crippen LogP contribution < -0.4 is 9.80 Å². The van der Waals surface area contributed by atoms with E-state index in [1.807, 2.05) is 81.5 Å². The summed E-state index contributed by atoms with van der Waals surface area (Å²) in [5, 5.41) is 12.7. The number of hydroxylamine groups is 2. The molecule has 0 aliphatic carbocycles. The largest absolute Gasteiger partial charge is 0.507 e. The highest BCUT2D eigenvalue weighted by Crippen LogP contribution is 2.49. The number of ether oxygens (including phenoxy) is 12. The summed E-state index contributed by atoms with van der Waals surface area (Å²) in [5.41, 5.74) is 5.92. The van der Waals surface area contributed by atoms with Gasteiger partial charge in [-0.25, -0.2) is 4.79 Å². The minimum Gasteiger partial charge on any atom is -0.507 e. The Balaban J connectivity index is 1.27. The molecule has 0 spiro atoms. The van der Waals surface area contributed by atoms with E-state index in [2.05, 4.69) is 16.4 Å². The number of allylic oxidation sites excluding steroid dienone is 7. The Hall–Kier alpha value is -5.94. The van der Waals surface area contributed by atoms with Crippen LogP contribution in [0.25, 0.3) is 11.1 Å². The number of imide groups is 1. The highest BCUT2D eigenvalue weighted by Gasteiger charge is 2.40. The minimum atomic E-state index is -4.53. The Bertz CT molecular complexity index is 2790. The molecule has 2 amide bonds. The summed E-state index contributed by atoms with van der Waals surface area (Å²) in [6, 6.07) is 19.9. The summed E-state index contributed by atoms with van der Waals surface area (Å²) in [5.74, 6) is -1.73. The van der Waals surface area contributed by atoms with Gasteiger partial charge in [-0.1, -0.05) is 69.3 Å². The predicted octanol–water partition coefficient (Wildman–Crippen LogP) is 7.80. The van der Waals surface area contributed by atoms with Crippen molar-refractivity contribution < 1.29 is 94.1 Å². The zero-order chi connectivity index (χ0) is 64.8. The molecule has 2 aliphatic heterocycles. The van der Waals surface area contributed by atoms with E-state index in [1.165, 1.54) is 12.1 Å². The number of rotatable bonds is 50. The number of unbranched alkanes of at least 4 members (excludes halogenated alkanes) is 2. The summed E-state index contributed by atoms with van der Waals surface area (Å²) in [7, 11) is -1.27. The van der Waals surface area contributed by atoms with Crippen LogP contribution in [0.1, 0.15) is 76.0 Å². The third-order valence-electron chi connectivity index (χ3n) is 14.6. The van der Waals surface area contributed by atoms with Crippen molar-refractivity contribution in [3.63, 3.8) is 0 Å². The molecule has 24 heteroatoms. The zero-order valence-electron chi connectivity index (χ0n) is 53.2. The Labute approximate surface area is 531 Å². The SMILES string of the molecule is C=C(/C(C)=C(/C=C/C=C1\N(CCCCCC(=O)ON2C(=O)CCC2=O)c2ccc(S(=O)(=O)O)cc2C1(C)C)c1ccc(N(CCOCCOCCOCCOCCOCCOC)CCOCCOCCOCCOCCOCCOC)cc1O)c1ccccc1. The maximum Gasteiger partial charge on any atom is 0.333 e. The highest BCUT2D eigenvalue weighted by molar-refractivity contribution is 7.85. The van der Waals surface area contributed by atoms with Crippen molar-refractivity contribution in [3.8, 4) is 5.75 Å². The number of fused-ring (bicyclic) bond motifs is 1. The average Bonchev–Trinajstić information content (AvgIpc) is 1.63. The lowest BCUT2D eigenvalue weighted by molar-refractivity contribution is -0.197. The van der Waals surface area contributed by atoms with Crippen LogP contribution in [-0.2, 0) is 91.6 Å². The first-order valence-electron chi connectivity index (χ1n) is 30.7. The van der Waals surface area contributed by atoms with Crippen LogP contribution in [0.15, 0.2) is 108 Å². The number of benzene rings is 3. The predicted molar refractivity (Wildman–Crippen MR) is 340 cm³/mol. The highest BCUT2D eigenvalue weighted by atomic mass is 32.2. The average molecular weight is 1280 g/mol. The fraction of sp³-hybridized carbons (Fsp3) is 0.561. The molecule has 0 saturated carbocycles. The molecule has 2 aliphatic rings. The van der Waals surface area contributed by atoms with Gasteiger partial charge in [0.15, 0.2) is 0 Å². The van der Waals surface area contributed by atoms with Gasteiger partial charge in [0.25, 0.3) is 21.9 Å². The number of carbonyl (C=O) groups excluding carboxylic acids is 3. The van der Waals surface area contributed by atoms with Crippen LogP contribution >= 0.6 is 0 Å². The monoisotopic (exact) mass is 1280 g/mol. The van der Waals surface area contributed by atoms with Gasteiger partial charge in [0, 0.05) is 87.2 Å². The number of hydrogen-bond acceptors (Lipinski definition) is 21. The zero-order valence-corrected chi connectivity index (χ0v) is 54.0. The molecule has 0 radical (unpaired) electrons. The lowest BCUT2D eigenvalue weighted by Gasteiger charge is -2.27. The molecular weight excluding hydrogens is 1190 g/mol. The van der Waals surface area contributed by atoms with Crippen molar-refractivity contribution >= 4 is 50.4 Å². The third kappa shape index (κ3) is 26.3. The fourth-order valence-electron chi connectivity index (χ4n) is 9.66. The number of hydrogen-bond donors (Lipinski definition) is 2. The van der Waals surface area contributed by atoms with E-state index in [0.717, 1.165) is 33.8 Å². The van der Waals surface area contributed by atoms with Crippen LogP contribution in [0, 0.1) is 0 Å². The molecule has 1 fully saturated rings. The first kappa shape index (κ1) is 74.8. The maximum absolute atomic E-state index is 12.6. The molecule has 3 aromatic rings. The number of methoxy groups -OCH3 is 2. The van der Waals surface area contributed by atoms with Crippen LogP contribution in [0.5, 0.6) is 5.75 Å². The summed E-state index contributed by atoms with van der Waals surface area (Å²) in [6.07, 6.45) is 7.41. The van der Waals surface area contributed by atoms with Crippen molar-refractivity contribution in [2.24, 2.45) is 0 Å². The standard InChI is InChI=1S/C66H95N3O20S/c1-52(54-14-9-7-10-15-54)53(2)57(16-13-17-62-66(3,4)59-51-56(90(74,75)76)20-22-60(59)68(62)25-12-8-11-18-65(73)89-69-63(71)23-24-64(69)72)58-21-19-55(50-61(58)70)67(26-28-79-34-36-83-42-44-87-48-46-85-40-38-81-32-30-77-5)27-29-80-35-37-84-43-45-88-49-47-86-41-39-82-33-31-78-6/h7,9-10,13-17,19-22,50-51,70H,1,8,11-12,18,23-49H2,2-6H3,(H,74,75,76)/b16-13+,57-53-,62-17-. The van der Waals surface area contributed by atoms with Crippen LogP contribution in [0.3, 0.4) is 0 Å². The van der Waals surface area contributed by atoms with Crippen molar-refractivity contribution in [2.45, 2.75) is 69.6 Å². The molecule has 0 bridgehead atoms. The molecule has 2 N–H and O–H groups in total. The Morgan fingerprint density at radius 1 is 0.633 bits per heavy atom. The van der Waals surface area contributed by atoms with Gasteiger partial charge in [0.2, 0.25) is 0 Å².